The van der Waals surface area contributed by atoms with Crippen LogP contribution in [0.1, 0.15) is 0 Å². The Kier molecular flexibility index (Phi) is 3.55. The van der Waals surface area contributed by atoms with Crippen molar-refractivity contribution in [3.8, 4) is 17.2 Å². The van der Waals surface area contributed by atoms with E-state index in [4.69, 9.17) is 4.74 Å². The van der Waals surface area contributed by atoms with Crippen molar-refractivity contribution in [3.63, 3.8) is 0 Å². The van der Waals surface area contributed by atoms with Crippen molar-refractivity contribution in [2.24, 2.45) is 0 Å². The van der Waals surface area contributed by atoms with Crippen LogP contribution in [0.25, 0.3) is 0 Å². The zero-order chi connectivity index (χ0) is 12.1. The van der Waals surface area contributed by atoms with Crippen LogP contribution in [0, 0.1) is 0 Å². The zero-order valence-electron chi connectivity index (χ0n) is 8.85. The number of alkyl halides is 2. The van der Waals surface area contributed by atoms with Crippen LogP contribution in [0.4, 0.5) is 8.78 Å². The molecule has 2 rings (SSSR count). The Morgan fingerprint density at radius 2 is 1.24 bits per heavy atom. The van der Waals surface area contributed by atoms with E-state index in [1.165, 1.54) is 12.1 Å². The summed E-state index contributed by atoms with van der Waals surface area (Å²) in [4.78, 5) is 0. The third kappa shape index (κ3) is 3.45. The lowest BCUT2D eigenvalue weighted by Crippen LogP contribution is -2.01. The van der Waals surface area contributed by atoms with Crippen LogP contribution in [0.2, 0.25) is 0 Å². The van der Waals surface area contributed by atoms with Crippen LogP contribution in [0.5, 0.6) is 17.2 Å². The van der Waals surface area contributed by atoms with E-state index < -0.39 is 6.61 Å². The van der Waals surface area contributed by atoms with E-state index in [0.717, 1.165) is 0 Å². The van der Waals surface area contributed by atoms with Gasteiger partial charge in [0.1, 0.15) is 17.2 Å². The van der Waals surface area contributed by atoms with Gasteiger partial charge >= 0.3 is 6.61 Å². The molecule has 0 aromatic heterocycles. The van der Waals surface area contributed by atoms with Crippen molar-refractivity contribution in [3.05, 3.63) is 54.6 Å². The topological polar surface area (TPSA) is 18.5 Å². The van der Waals surface area contributed by atoms with Crippen molar-refractivity contribution in [1.29, 1.82) is 0 Å². The SMILES string of the molecule is FC(F)Oc1ccc(Oc2ccccc2)cc1. The summed E-state index contributed by atoms with van der Waals surface area (Å²) in [5.41, 5.74) is 0. The molecule has 0 atom stereocenters. The van der Waals surface area contributed by atoms with Gasteiger partial charge in [-0.25, -0.2) is 0 Å². The number of ether oxygens (including phenoxy) is 2. The van der Waals surface area contributed by atoms with Crippen molar-refractivity contribution in [2.45, 2.75) is 6.61 Å². The summed E-state index contributed by atoms with van der Waals surface area (Å²) in [6.45, 7) is -2.81. The fourth-order valence-electron chi connectivity index (χ4n) is 1.31. The largest absolute Gasteiger partial charge is 0.457 e. The molecular formula is C13H10F2O2. The molecule has 88 valence electrons. The van der Waals surface area contributed by atoms with Gasteiger partial charge in [-0.3, -0.25) is 0 Å². The number of halogens is 2. The van der Waals surface area contributed by atoms with E-state index in [1.807, 2.05) is 30.3 Å². The van der Waals surface area contributed by atoms with Gasteiger partial charge in [0.05, 0.1) is 0 Å². The highest BCUT2D eigenvalue weighted by molar-refractivity contribution is 5.35. The summed E-state index contributed by atoms with van der Waals surface area (Å²) in [7, 11) is 0. The van der Waals surface area contributed by atoms with Crippen LogP contribution >= 0.6 is 0 Å². The van der Waals surface area contributed by atoms with Crippen molar-refractivity contribution in [2.75, 3.05) is 0 Å². The molecule has 0 saturated heterocycles. The van der Waals surface area contributed by atoms with E-state index in [1.54, 1.807) is 12.1 Å². The van der Waals surface area contributed by atoms with E-state index in [2.05, 4.69) is 4.74 Å². The molecule has 0 saturated carbocycles. The van der Waals surface area contributed by atoms with Gasteiger partial charge in [-0.2, -0.15) is 8.78 Å². The van der Waals surface area contributed by atoms with E-state index >= 15 is 0 Å². The molecule has 0 amide bonds. The fourth-order valence-corrected chi connectivity index (χ4v) is 1.31. The molecule has 0 heterocycles. The molecule has 2 nitrogen and oxygen atoms in total. The molecule has 0 aliphatic heterocycles. The standard InChI is InChI=1S/C13H10F2O2/c14-13(15)17-12-8-6-11(7-9-12)16-10-4-2-1-3-5-10/h1-9,13H. The van der Waals surface area contributed by atoms with Crippen LogP contribution in [-0.2, 0) is 0 Å². The smallest absolute Gasteiger partial charge is 0.387 e. The molecule has 0 N–H and O–H groups in total. The van der Waals surface area contributed by atoms with Crippen LogP contribution in [0.15, 0.2) is 54.6 Å². The lowest BCUT2D eigenvalue weighted by Gasteiger charge is -2.07. The molecule has 0 spiro atoms. The first-order chi connectivity index (χ1) is 8.24. The first-order valence-corrected chi connectivity index (χ1v) is 5.02. The highest BCUT2D eigenvalue weighted by atomic mass is 19.3. The van der Waals surface area contributed by atoms with E-state index in [9.17, 15) is 8.78 Å². The molecule has 4 heteroatoms. The monoisotopic (exact) mass is 236 g/mol. The van der Waals surface area contributed by atoms with Crippen LogP contribution in [-0.4, -0.2) is 6.61 Å². The van der Waals surface area contributed by atoms with Crippen LogP contribution in [0.3, 0.4) is 0 Å². The van der Waals surface area contributed by atoms with Gasteiger partial charge in [-0.1, -0.05) is 18.2 Å². The molecule has 0 aliphatic carbocycles. The normalized spacial score (nSPS) is 10.3. The molecule has 0 unspecified atom stereocenters. The maximum absolute atomic E-state index is 11.9. The highest BCUT2D eigenvalue weighted by Crippen LogP contribution is 2.24. The third-order valence-corrected chi connectivity index (χ3v) is 2.03. The Balaban J connectivity index is 2.03. The highest BCUT2D eigenvalue weighted by Gasteiger charge is 2.04. The summed E-state index contributed by atoms with van der Waals surface area (Å²) in [5, 5.41) is 0. The quantitative estimate of drug-likeness (QED) is 0.796. The predicted molar refractivity (Wildman–Crippen MR) is 59.6 cm³/mol. The van der Waals surface area contributed by atoms with Gasteiger partial charge in [0.25, 0.3) is 0 Å². The summed E-state index contributed by atoms with van der Waals surface area (Å²) in [6, 6.07) is 15.2. The van der Waals surface area contributed by atoms with Crippen molar-refractivity contribution in [1.82, 2.24) is 0 Å². The Morgan fingerprint density at radius 3 is 1.82 bits per heavy atom. The second-order valence-electron chi connectivity index (χ2n) is 3.27. The van der Waals surface area contributed by atoms with Crippen molar-refractivity contribution < 1.29 is 18.3 Å². The minimum absolute atomic E-state index is 0.111. The predicted octanol–water partition coefficient (Wildman–Crippen LogP) is 4.08. The molecule has 0 aliphatic rings. The number of para-hydroxylation sites is 1. The van der Waals surface area contributed by atoms with Gasteiger partial charge in [0.15, 0.2) is 0 Å². The minimum atomic E-state index is -2.81. The fraction of sp³-hybridized carbons (Fsp3) is 0.0769. The van der Waals surface area contributed by atoms with Gasteiger partial charge in [0.2, 0.25) is 0 Å². The number of rotatable bonds is 4. The number of benzene rings is 2. The molecule has 0 fully saturated rings. The molecule has 0 bridgehead atoms. The molecule has 0 radical (unpaired) electrons. The van der Waals surface area contributed by atoms with Gasteiger partial charge in [-0.05, 0) is 36.4 Å². The van der Waals surface area contributed by atoms with Crippen molar-refractivity contribution >= 4 is 0 Å². The Labute approximate surface area is 97.4 Å². The average Bonchev–Trinajstić information content (AvgIpc) is 2.32. The first kappa shape index (κ1) is 11.4. The van der Waals surface area contributed by atoms with Crippen LogP contribution < -0.4 is 9.47 Å². The second-order valence-corrected chi connectivity index (χ2v) is 3.27. The maximum Gasteiger partial charge on any atom is 0.387 e. The summed E-state index contributed by atoms with van der Waals surface area (Å²) < 4.78 is 33.6. The summed E-state index contributed by atoms with van der Waals surface area (Å²) in [5.74, 6) is 1.37. The molecule has 2 aromatic rings. The Bertz CT molecular complexity index is 455. The molecular weight excluding hydrogens is 226 g/mol. The minimum Gasteiger partial charge on any atom is -0.457 e. The second kappa shape index (κ2) is 5.30. The average molecular weight is 236 g/mol. The van der Waals surface area contributed by atoms with Gasteiger partial charge in [-0.15, -0.1) is 0 Å². The number of hydrogen-bond donors (Lipinski definition) is 0. The lowest BCUT2D eigenvalue weighted by molar-refractivity contribution is -0.0498. The maximum atomic E-state index is 11.9. The van der Waals surface area contributed by atoms with Gasteiger partial charge < -0.3 is 9.47 Å². The zero-order valence-corrected chi connectivity index (χ0v) is 8.85. The Hall–Kier alpha value is -2.10. The molecule has 2 aromatic carbocycles. The lowest BCUT2D eigenvalue weighted by atomic mass is 10.3. The first-order valence-electron chi connectivity index (χ1n) is 5.02. The number of hydrogen-bond acceptors (Lipinski definition) is 2. The third-order valence-electron chi connectivity index (χ3n) is 2.03. The molecule has 17 heavy (non-hydrogen) atoms. The van der Waals surface area contributed by atoms with E-state index in [-0.39, 0.29) is 5.75 Å². The Morgan fingerprint density at radius 1 is 0.706 bits per heavy atom. The van der Waals surface area contributed by atoms with E-state index in [0.29, 0.717) is 11.5 Å². The summed E-state index contributed by atoms with van der Waals surface area (Å²) >= 11 is 0. The summed E-state index contributed by atoms with van der Waals surface area (Å²) in [6.07, 6.45) is 0. The van der Waals surface area contributed by atoms with Gasteiger partial charge in [0, 0.05) is 0 Å².